The van der Waals surface area contributed by atoms with Gasteiger partial charge in [0, 0.05) is 45.1 Å². The zero-order valence-corrected chi connectivity index (χ0v) is 56.3. The summed E-state index contributed by atoms with van der Waals surface area (Å²) in [6.45, 7) is 7.50. The first-order chi connectivity index (χ1) is 46.8. The Labute approximate surface area is 574 Å². The summed E-state index contributed by atoms with van der Waals surface area (Å²) in [6.07, 6.45) is -6.41. The van der Waals surface area contributed by atoms with Crippen LogP contribution in [-0.2, 0) is 100.0 Å². The average Bonchev–Trinajstić information content (AvgIpc) is 1.59. The van der Waals surface area contributed by atoms with E-state index >= 15 is 0 Å². The molecule has 0 spiro atoms. The summed E-state index contributed by atoms with van der Waals surface area (Å²) in [5, 5.41) is 69.5. The van der Waals surface area contributed by atoms with Gasteiger partial charge in [-0.3, -0.25) is 76.5 Å². The van der Waals surface area contributed by atoms with Gasteiger partial charge in [0.25, 0.3) is 0 Å². The number of carbonyl (C=O) groups excluding carboxylic acids is 11. The number of amides is 11. The summed E-state index contributed by atoms with van der Waals surface area (Å²) in [5.41, 5.74) is 11.6. The number of rotatable bonds is 44. The first-order valence-corrected chi connectivity index (χ1v) is 33.1. The van der Waals surface area contributed by atoms with Gasteiger partial charge in [0.2, 0.25) is 65.0 Å². The van der Waals surface area contributed by atoms with Crippen molar-refractivity contribution in [2.75, 3.05) is 6.54 Å². The van der Waals surface area contributed by atoms with Gasteiger partial charge >= 0.3 is 40.2 Å². The average molecular weight is 1430 g/mol. The highest BCUT2D eigenvalue weighted by Crippen LogP contribution is 2.23. The molecular weight excluding hydrogens is 1340 g/mol. The van der Waals surface area contributed by atoms with Gasteiger partial charge < -0.3 is 93.9 Å². The van der Waals surface area contributed by atoms with E-state index in [2.05, 4.69) is 52.0 Å². The van der Waals surface area contributed by atoms with Crippen LogP contribution in [-0.4, -0.2) is 211 Å². The minimum absolute atomic E-state index is 0.0640. The highest BCUT2D eigenvalue weighted by Gasteiger charge is 2.42. The van der Waals surface area contributed by atoms with Crippen LogP contribution in [0.2, 0.25) is 0 Å². The first kappa shape index (κ1) is 83.9. The van der Waals surface area contributed by atoms with Gasteiger partial charge in [0.15, 0.2) is 0 Å². The molecule has 0 bridgehead atoms. The van der Waals surface area contributed by atoms with Gasteiger partial charge in [-0.15, -0.1) is 0 Å². The number of hydrogen-bond acceptors (Lipinski definition) is 20. The Balaban J connectivity index is 1.93. The monoisotopic (exact) mass is 1430 g/mol. The lowest BCUT2D eigenvalue weighted by molar-refractivity contribution is -0.144. The Morgan fingerprint density at radius 3 is 1.43 bits per heavy atom. The number of benzene rings is 2. The van der Waals surface area contributed by atoms with Crippen LogP contribution >= 0.6 is 0 Å². The second-order valence-corrected chi connectivity index (χ2v) is 25.3. The van der Waals surface area contributed by atoms with Crippen LogP contribution in [0, 0.1) is 11.8 Å². The first-order valence-electron chi connectivity index (χ1n) is 31.8. The summed E-state index contributed by atoms with van der Waals surface area (Å²) in [5.74, 6) is -20.4. The number of nitrogens with zero attached hydrogens (tertiary/aromatic N) is 1. The Kier molecular flexibility index (Phi) is 34.0. The Morgan fingerprint density at radius 2 is 0.960 bits per heavy atom. The zero-order chi connectivity index (χ0) is 75.3. The van der Waals surface area contributed by atoms with Crippen molar-refractivity contribution in [2.24, 2.45) is 23.3 Å². The number of carboxylic acids is 5. The second-order valence-electron chi connectivity index (χ2n) is 24.2. The third kappa shape index (κ3) is 29.8. The molecule has 19 N–H and O–H groups in total. The lowest BCUT2D eigenvalue weighted by Crippen LogP contribution is -2.61. The molecule has 2 aromatic carbocycles. The number of nitrogens with one attached hydrogen (secondary N) is 9. The largest absolute Gasteiger partial charge is 0.481 e. The molecule has 37 nitrogen and oxygen atoms in total. The van der Waals surface area contributed by atoms with Crippen LogP contribution in [0.3, 0.4) is 0 Å². The van der Waals surface area contributed by atoms with Crippen molar-refractivity contribution in [3.63, 3.8) is 0 Å². The lowest BCUT2D eigenvalue weighted by Gasteiger charge is -2.33. The maximum atomic E-state index is 14.7. The zero-order valence-electron chi connectivity index (χ0n) is 55.5. The fourth-order valence-electron chi connectivity index (χ4n) is 10.2. The molecule has 1 saturated heterocycles. The predicted molar refractivity (Wildman–Crippen MR) is 346 cm³/mol. The molecule has 0 radical (unpaired) electrons. The topological polar surface area (TPSA) is 601 Å². The smallest absolute Gasteiger partial charge is 0.446 e. The van der Waals surface area contributed by atoms with Gasteiger partial charge in [0.05, 0.1) is 12.5 Å². The summed E-state index contributed by atoms with van der Waals surface area (Å²) in [4.78, 5) is 212. The summed E-state index contributed by atoms with van der Waals surface area (Å²) < 4.78 is 36.3. The maximum Gasteiger partial charge on any atom is 0.446 e. The van der Waals surface area contributed by atoms with Gasteiger partial charge in [-0.25, -0.2) is 4.79 Å². The number of primary amides is 1. The molecule has 0 unspecified atom stereocenters. The summed E-state index contributed by atoms with van der Waals surface area (Å²) >= 11 is 0. The molecule has 1 aliphatic heterocycles. The highest BCUT2D eigenvalue weighted by atomic mass is 32.3. The molecule has 0 aliphatic carbocycles. The maximum absolute atomic E-state index is 14.7. The number of nitrogens with two attached hydrogens (primary N) is 2. The minimum Gasteiger partial charge on any atom is -0.481 e. The second kappa shape index (κ2) is 40.5. The standard InChI is InChI=1S/C62H88N12O25S/c1-6-32(4)51(73-56(88)40(21-25-49(80)81)66-55(87)39(20-24-48(78)79)67-58(90)44(28-34-11-8-7-9-12-34)71-53(85)37(63)30-50(82)83)61(93)74-26-10-13-45(74)60(92)68-38(19-23-47(76)77)54(86)65-33(5)52(84)70-43(29-35-14-16-36(17-15-35)99-100(96,97)98)59(91)72-42(27-31(2)3)57(89)69-41(62(94)95)18-22-46(64)75/h7-9,11-12,14-17,31-33,37-45,51H,6,10,13,18-30,63H2,1-5H3,(H2,64,75)(H,65,86)(H,66,87)(H,67,90)(H,68,92)(H,69,89)(H,70,84)(H,71,85)(H,72,91)(H,73,88)(H,76,77)(H,78,79)(H,80,81)(H,82,83)(H,94,95)(H,96,97,98)/t32-,33-,37-,38-,39-,40-,41-,42-,43-,44-,45-,51-/m0/s1. The van der Waals surface area contributed by atoms with E-state index in [9.17, 15) is 111 Å². The van der Waals surface area contributed by atoms with Crippen LogP contribution in [0.1, 0.15) is 129 Å². The number of carboxylic acid groups (broad SMARTS) is 5. The van der Waals surface area contributed by atoms with E-state index in [4.69, 9.17) is 16.0 Å². The van der Waals surface area contributed by atoms with Crippen LogP contribution in [0.5, 0.6) is 5.75 Å². The molecule has 38 heteroatoms. The molecule has 0 saturated carbocycles. The van der Waals surface area contributed by atoms with Gasteiger partial charge in [-0.1, -0.05) is 76.6 Å². The van der Waals surface area contributed by atoms with E-state index in [1.54, 1.807) is 51.1 Å². The van der Waals surface area contributed by atoms with Gasteiger partial charge in [-0.05, 0) is 87.0 Å². The van der Waals surface area contributed by atoms with E-state index < -0.39 is 242 Å². The van der Waals surface area contributed by atoms with Crippen LogP contribution in [0.15, 0.2) is 54.6 Å². The molecule has 3 rings (SSSR count). The SMILES string of the molecule is CC[C@H](C)[C@H](NC(=O)[C@H](CCC(=O)O)NC(=O)[C@H](CCC(=O)O)NC(=O)[C@H](Cc1ccccc1)NC(=O)[C@@H](N)CC(=O)O)C(=O)N1CCC[C@H]1C(=O)N[C@@H](CCC(=O)O)C(=O)N[C@@H](C)C(=O)N[C@@H](Cc1ccc(OS(=O)(=O)O)cc1)C(=O)N[C@@H](CC(C)C)C(=O)N[C@@H](CCC(N)=O)C(=O)O. The molecule has 2 aromatic rings. The van der Waals surface area contributed by atoms with Crippen LogP contribution in [0.4, 0.5) is 0 Å². The van der Waals surface area contributed by atoms with E-state index in [0.717, 1.165) is 24.0 Å². The van der Waals surface area contributed by atoms with Crippen molar-refractivity contribution in [1.29, 1.82) is 0 Å². The highest BCUT2D eigenvalue weighted by molar-refractivity contribution is 7.81. The van der Waals surface area contributed by atoms with Crippen molar-refractivity contribution in [1.82, 2.24) is 52.8 Å². The van der Waals surface area contributed by atoms with E-state index in [1.165, 1.54) is 19.1 Å². The quantitative estimate of drug-likeness (QED) is 0.0292. The molecule has 100 heavy (non-hydrogen) atoms. The number of carbonyl (C=O) groups is 16. The molecule has 0 aromatic heterocycles. The normalized spacial score (nSPS) is 16.0. The molecule has 11 amide bonds. The van der Waals surface area contributed by atoms with Crippen molar-refractivity contribution < 1.29 is 119 Å². The molecule has 1 fully saturated rings. The van der Waals surface area contributed by atoms with Crippen molar-refractivity contribution in [3.8, 4) is 5.75 Å². The summed E-state index contributed by atoms with van der Waals surface area (Å²) in [7, 11) is -4.98. The van der Waals surface area contributed by atoms with E-state index in [1.807, 2.05) is 0 Å². The van der Waals surface area contributed by atoms with E-state index in [0.29, 0.717) is 5.56 Å². The number of aliphatic carboxylic acids is 5. The Morgan fingerprint density at radius 1 is 0.530 bits per heavy atom. The van der Waals surface area contributed by atoms with Gasteiger partial charge in [-0.2, -0.15) is 8.42 Å². The molecule has 552 valence electrons. The number of hydrogen-bond donors (Lipinski definition) is 17. The number of likely N-dealkylation sites (tertiary alicyclic amines) is 1. The minimum atomic E-state index is -4.98. The molecular formula is C62H88N12O25S. The predicted octanol–water partition coefficient (Wildman–Crippen LogP) is -3.13. The lowest BCUT2D eigenvalue weighted by atomic mass is 9.96. The fraction of sp³-hybridized carbons (Fsp3) is 0.548. The summed E-state index contributed by atoms with van der Waals surface area (Å²) in [6, 6.07) is -5.26. The van der Waals surface area contributed by atoms with Crippen LogP contribution < -0.4 is 63.5 Å². The van der Waals surface area contributed by atoms with Gasteiger partial charge in [0.1, 0.15) is 66.2 Å². The van der Waals surface area contributed by atoms with Crippen LogP contribution in [0.25, 0.3) is 0 Å². The van der Waals surface area contributed by atoms with Crippen molar-refractivity contribution in [2.45, 2.75) is 197 Å². The third-order valence-electron chi connectivity index (χ3n) is 15.7. The molecule has 12 atom stereocenters. The van der Waals surface area contributed by atoms with Crippen molar-refractivity contribution >= 4 is 105 Å². The third-order valence-corrected chi connectivity index (χ3v) is 16.1. The Hall–Kier alpha value is -10.4. The Bertz CT molecular complexity index is 3400. The van der Waals surface area contributed by atoms with E-state index in [-0.39, 0.29) is 55.9 Å². The molecule has 1 aliphatic rings. The fourth-order valence-corrected chi connectivity index (χ4v) is 10.5. The van der Waals surface area contributed by atoms with Crippen molar-refractivity contribution in [3.05, 3.63) is 65.7 Å². The molecule has 1 heterocycles.